The van der Waals surface area contributed by atoms with Crippen LogP contribution < -0.4 is 16.2 Å². The van der Waals surface area contributed by atoms with Crippen molar-refractivity contribution < 1.29 is 9.90 Å². The first-order chi connectivity index (χ1) is 12.8. The predicted molar refractivity (Wildman–Crippen MR) is 112 cm³/mol. The van der Waals surface area contributed by atoms with Crippen molar-refractivity contribution in [3.63, 3.8) is 0 Å². The van der Waals surface area contributed by atoms with Crippen LogP contribution in [0.3, 0.4) is 0 Å². The van der Waals surface area contributed by atoms with Crippen molar-refractivity contribution in [3.05, 3.63) is 47.6 Å². The largest absolute Gasteiger partial charge is 0.373 e. The molecule has 0 aromatic carbocycles. The van der Waals surface area contributed by atoms with E-state index < -0.39 is 6.23 Å². The van der Waals surface area contributed by atoms with E-state index in [1.54, 1.807) is 0 Å². The number of nitrogens with zero attached hydrogens (tertiary/aromatic N) is 1. The highest BCUT2D eigenvalue weighted by atomic mass is 16.3. The Balaban J connectivity index is 2.69. The second-order valence-corrected chi connectivity index (χ2v) is 7.36. The van der Waals surface area contributed by atoms with Gasteiger partial charge in [-0.05, 0) is 20.8 Å². The summed E-state index contributed by atoms with van der Waals surface area (Å²) in [6.45, 7) is 12.8. The Labute approximate surface area is 163 Å². The fourth-order valence-corrected chi connectivity index (χ4v) is 2.57. The smallest absolute Gasteiger partial charge is 0.226 e. The quantitative estimate of drug-likeness (QED) is 0.516. The lowest BCUT2D eigenvalue weighted by Gasteiger charge is -2.29. The van der Waals surface area contributed by atoms with Gasteiger partial charge < -0.3 is 15.8 Å². The SMILES string of the molecule is C/C=C\C=C/C(C)C(=O)NCC(C)(C)CN=C1NNC(O)C(=C/C)/C1=C\C. The summed E-state index contributed by atoms with van der Waals surface area (Å²) in [6, 6.07) is 0. The summed E-state index contributed by atoms with van der Waals surface area (Å²) in [7, 11) is 0. The topological polar surface area (TPSA) is 85.8 Å². The maximum Gasteiger partial charge on any atom is 0.226 e. The van der Waals surface area contributed by atoms with E-state index in [0.29, 0.717) is 18.9 Å². The normalized spacial score (nSPS) is 24.1. The molecule has 0 radical (unpaired) electrons. The highest BCUT2D eigenvalue weighted by Crippen LogP contribution is 2.20. The standard InChI is InChI=1S/C21H34N4O2/c1-7-10-11-12-15(4)19(26)23-14-21(5,6)13-22-18-16(8-2)17(9-3)20(27)25-24-18/h7-12,15,20,25,27H,13-14H2,1-6H3,(H,22,24)(H,23,26)/b10-7-,12-11-,16-8+,17-9+. The molecular formula is C21H34N4O2. The molecule has 150 valence electrons. The molecule has 2 atom stereocenters. The molecule has 0 aromatic heterocycles. The van der Waals surface area contributed by atoms with Crippen LogP contribution in [-0.2, 0) is 4.79 Å². The number of allylic oxidation sites excluding steroid dienone is 5. The van der Waals surface area contributed by atoms with Crippen LogP contribution in [0.15, 0.2) is 52.6 Å². The first-order valence-corrected chi connectivity index (χ1v) is 9.40. The Hall–Kier alpha value is -2.18. The van der Waals surface area contributed by atoms with E-state index in [9.17, 15) is 9.90 Å². The van der Waals surface area contributed by atoms with Gasteiger partial charge in [0.25, 0.3) is 0 Å². The van der Waals surface area contributed by atoms with Gasteiger partial charge in [0.1, 0.15) is 12.1 Å². The average Bonchev–Trinajstić information content (AvgIpc) is 2.64. The molecule has 1 fully saturated rings. The molecule has 1 rings (SSSR count). The molecule has 27 heavy (non-hydrogen) atoms. The highest BCUT2D eigenvalue weighted by Gasteiger charge is 2.25. The summed E-state index contributed by atoms with van der Waals surface area (Å²) in [5.74, 6) is 0.515. The monoisotopic (exact) mass is 374 g/mol. The van der Waals surface area contributed by atoms with E-state index in [4.69, 9.17) is 0 Å². The van der Waals surface area contributed by atoms with Gasteiger partial charge in [0.2, 0.25) is 5.91 Å². The molecule has 0 aliphatic carbocycles. The van der Waals surface area contributed by atoms with Crippen LogP contribution in [0, 0.1) is 11.3 Å². The number of aliphatic hydroxyl groups is 1. The van der Waals surface area contributed by atoms with Gasteiger partial charge >= 0.3 is 0 Å². The fourth-order valence-electron chi connectivity index (χ4n) is 2.57. The summed E-state index contributed by atoms with van der Waals surface area (Å²) in [5.41, 5.74) is 7.23. The van der Waals surface area contributed by atoms with Crippen LogP contribution in [0.4, 0.5) is 0 Å². The van der Waals surface area contributed by atoms with Crippen molar-refractivity contribution in [2.45, 2.75) is 47.8 Å². The third-order valence-electron chi connectivity index (χ3n) is 4.31. The second kappa shape index (κ2) is 10.8. The van der Waals surface area contributed by atoms with Gasteiger partial charge in [0.05, 0.1) is 5.92 Å². The molecule has 1 saturated heterocycles. The number of hydrogen-bond donors (Lipinski definition) is 4. The van der Waals surface area contributed by atoms with Crippen molar-refractivity contribution in [1.29, 1.82) is 0 Å². The van der Waals surface area contributed by atoms with Crippen LogP contribution in [0.25, 0.3) is 0 Å². The lowest BCUT2D eigenvalue weighted by Crippen LogP contribution is -2.52. The average molecular weight is 375 g/mol. The first kappa shape index (κ1) is 22.9. The Morgan fingerprint density at radius 3 is 2.59 bits per heavy atom. The third kappa shape index (κ3) is 7.15. The Bertz CT molecular complexity index is 657. The molecule has 4 N–H and O–H groups in total. The molecule has 6 heteroatoms. The number of aliphatic imine (C=N–C) groups is 1. The maximum atomic E-state index is 12.2. The van der Waals surface area contributed by atoms with Gasteiger partial charge in [0.15, 0.2) is 0 Å². The van der Waals surface area contributed by atoms with E-state index in [2.05, 4.69) is 35.0 Å². The third-order valence-corrected chi connectivity index (χ3v) is 4.31. The number of amidine groups is 1. The minimum Gasteiger partial charge on any atom is -0.373 e. The summed E-state index contributed by atoms with van der Waals surface area (Å²) in [4.78, 5) is 16.9. The predicted octanol–water partition coefficient (Wildman–Crippen LogP) is 2.61. The molecule has 2 unspecified atom stereocenters. The van der Waals surface area contributed by atoms with Crippen LogP contribution in [-0.4, -0.2) is 36.2 Å². The van der Waals surface area contributed by atoms with E-state index in [0.717, 1.165) is 11.1 Å². The number of hydrazine groups is 1. The zero-order valence-corrected chi connectivity index (χ0v) is 17.3. The highest BCUT2D eigenvalue weighted by molar-refractivity contribution is 6.03. The molecule has 0 bridgehead atoms. The molecule has 1 aliphatic heterocycles. The molecule has 1 heterocycles. The lowest BCUT2D eigenvalue weighted by atomic mass is 9.93. The van der Waals surface area contributed by atoms with E-state index in [1.807, 2.05) is 64.2 Å². The maximum absolute atomic E-state index is 12.2. The molecular weight excluding hydrogens is 340 g/mol. The van der Waals surface area contributed by atoms with Crippen molar-refractivity contribution >= 4 is 11.7 Å². The van der Waals surface area contributed by atoms with Crippen LogP contribution in [0.1, 0.15) is 41.5 Å². The van der Waals surface area contributed by atoms with Gasteiger partial charge in [-0.3, -0.25) is 9.79 Å². The van der Waals surface area contributed by atoms with Gasteiger partial charge in [0, 0.05) is 29.7 Å². The minimum atomic E-state index is -0.760. The van der Waals surface area contributed by atoms with Crippen LogP contribution in [0.5, 0.6) is 0 Å². The molecule has 0 spiro atoms. The number of nitrogens with one attached hydrogen (secondary N) is 3. The Morgan fingerprint density at radius 1 is 1.30 bits per heavy atom. The first-order valence-electron chi connectivity index (χ1n) is 9.40. The van der Waals surface area contributed by atoms with Gasteiger partial charge in [-0.25, -0.2) is 5.43 Å². The number of amides is 1. The number of carbonyl (C=O) groups excluding carboxylic acids is 1. The van der Waals surface area contributed by atoms with E-state index in [1.165, 1.54) is 0 Å². The van der Waals surface area contributed by atoms with E-state index >= 15 is 0 Å². The van der Waals surface area contributed by atoms with Gasteiger partial charge in [-0.1, -0.05) is 57.2 Å². The van der Waals surface area contributed by atoms with Crippen LogP contribution >= 0.6 is 0 Å². The Morgan fingerprint density at radius 2 is 2.00 bits per heavy atom. The molecule has 0 aromatic rings. The molecule has 1 aliphatic rings. The molecule has 0 saturated carbocycles. The number of hydrogen-bond acceptors (Lipinski definition) is 4. The van der Waals surface area contributed by atoms with Crippen molar-refractivity contribution in [3.8, 4) is 0 Å². The Kier molecular flexibility index (Phi) is 9.18. The van der Waals surface area contributed by atoms with Gasteiger partial charge in [-0.15, -0.1) is 0 Å². The van der Waals surface area contributed by atoms with Crippen molar-refractivity contribution in [1.82, 2.24) is 16.2 Å². The zero-order chi connectivity index (χ0) is 20.4. The minimum absolute atomic E-state index is 0.00223. The van der Waals surface area contributed by atoms with Crippen molar-refractivity contribution in [2.75, 3.05) is 13.1 Å². The number of rotatable bonds is 7. The fraction of sp³-hybridized carbons (Fsp3) is 0.524. The zero-order valence-electron chi connectivity index (χ0n) is 17.3. The van der Waals surface area contributed by atoms with Crippen LogP contribution in [0.2, 0.25) is 0 Å². The lowest BCUT2D eigenvalue weighted by molar-refractivity contribution is -0.123. The summed E-state index contributed by atoms with van der Waals surface area (Å²) >= 11 is 0. The summed E-state index contributed by atoms with van der Waals surface area (Å²) in [6.07, 6.45) is 10.6. The molecule has 6 nitrogen and oxygen atoms in total. The number of carbonyl (C=O) groups is 1. The molecule has 1 amide bonds. The van der Waals surface area contributed by atoms with E-state index in [-0.39, 0.29) is 17.2 Å². The number of aliphatic hydroxyl groups excluding tert-OH is 1. The second-order valence-electron chi connectivity index (χ2n) is 7.36. The summed E-state index contributed by atoms with van der Waals surface area (Å²) < 4.78 is 0. The summed E-state index contributed by atoms with van der Waals surface area (Å²) in [5, 5.41) is 13.0. The van der Waals surface area contributed by atoms with Crippen molar-refractivity contribution in [2.24, 2.45) is 16.3 Å². The van der Waals surface area contributed by atoms with Gasteiger partial charge in [-0.2, -0.15) is 0 Å².